The summed E-state index contributed by atoms with van der Waals surface area (Å²) in [6.07, 6.45) is 0. The topological polar surface area (TPSA) is 38.9 Å². The van der Waals surface area contributed by atoms with Crippen molar-refractivity contribution in [1.82, 2.24) is 9.97 Å². The van der Waals surface area contributed by atoms with Crippen LogP contribution in [0.25, 0.3) is 100 Å². The molecule has 11 aromatic rings. The third-order valence-corrected chi connectivity index (χ3v) is 13.2. The first-order chi connectivity index (χ1) is 30.7. The van der Waals surface area contributed by atoms with E-state index < -0.39 is 5.41 Å². The lowest BCUT2D eigenvalue weighted by atomic mass is 9.66. The molecule has 0 aliphatic heterocycles. The molecule has 0 N–H and O–H groups in total. The standard InChI is InChI=1S/C59H36N2O/c1-2-16-37(17-3-1)40-18-4-7-24-46(40)55-36-54(60-58(61-55)39-31-33-57-49(35-39)47-25-11-15-29-56(47)62-57)38-30-32-53-48(34-38)45-23-10-14-28-52(45)59(53)50-26-12-8-21-43(50)41-19-5-6-20-42(41)44-22-9-13-27-51(44)59/h1-36H. The lowest BCUT2D eigenvalue weighted by Crippen LogP contribution is -2.29. The lowest BCUT2D eigenvalue weighted by Gasteiger charge is -2.35. The maximum Gasteiger partial charge on any atom is 0.160 e. The fourth-order valence-electron chi connectivity index (χ4n) is 10.5. The first kappa shape index (κ1) is 34.7. The summed E-state index contributed by atoms with van der Waals surface area (Å²) in [6.45, 7) is 0. The van der Waals surface area contributed by atoms with Crippen LogP contribution in [-0.2, 0) is 5.41 Å². The Kier molecular flexibility index (Phi) is 7.52. The van der Waals surface area contributed by atoms with Gasteiger partial charge in [0.25, 0.3) is 0 Å². The highest BCUT2D eigenvalue weighted by Gasteiger charge is 2.49. The number of fused-ring (bicyclic) bond motifs is 15. The van der Waals surface area contributed by atoms with Crippen molar-refractivity contribution in [3.8, 4) is 78.4 Å². The molecule has 288 valence electrons. The molecule has 0 atom stereocenters. The van der Waals surface area contributed by atoms with Gasteiger partial charge in [-0.1, -0.05) is 182 Å². The Morgan fingerprint density at radius 1 is 0.290 bits per heavy atom. The molecule has 3 nitrogen and oxygen atoms in total. The van der Waals surface area contributed by atoms with Gasteiger partial charge in [-0.3, -0.25) is 0 Å². The van der Waals surface area contributed by atoms with Gasteiger partial charge in [-0.2, -0.15) is 0 Å². The molecule has 0 saturated carbocycles. The number of para-hydroxylation sites is 1. The molecule has 2 aliphatic rings. The molecule has 3 heteroatoms. The number of rotatable bonds is 4. The summed E-state index contributed by atoms with van der Waals surface area (Å²) in [5.41, 5.74) is 20.8. The van der Waals surface area contributed by atoms with E-state index in [2.05, 4.69) is 200 Å². The van der Waals surface area contributed by atoms with Crippen molar-refractivity contribution < 1.29 is 4.42 Å². The summed E-state index contributed by atoms with van der Waals surface area (Å²) in [7, 11) is 0. The van der Waals surface area contributed by atoms with Gasteiger partial charge in [-0.05, 0) is 103 Å². The smallest absolute Gasteiger partial charge is 0.160 e. The second kappa shape index (κ2) is 13.4. The molecule has 2 aromatic heterocycles. The lowest BCUT2D eigenvalue weighted by molar-refractivity contribution is 0.669. The molecule has 0 saturated heterocycles. The average Bonchev–Trinajstić information content (AvgIpc) is 3.84. The fraction of sp³-hybridized carbons (Fsp3) is 0.0169. The normalized spacial score (nSPS) is 13.0. The third-order valence-electron chi connectivity index (χ3n) is 13.2. The van der Waals surface area contributed by atoms with Crippen LogP contribution in [0.1, 0.15) is 22.3 Å². The highest BCUT2D eigenvalue weighted by molar-refractivity contribution is 6.06. The Labute approximate surface area is 359 Å². The SMILES string of the molecule is c1ccc(-c2ccccc2-c2cc(-c3ccc4c(c3)-c3ccccc3C43c4ccccc4-c4ccccc4-c4ccccc43)nc(-c3ccc4oc5ccccc5c4c3)n2)cc1. The zero-order chi connectivity index (χ0) is 40.8. The Morgan fingerprint density at radius 3 is 1.48 bits per heavy atom. The minimum absolute atomic E-state index is 0.546. The summed E-state index contributed by atoms with van der Waals surface area (Å²) < 4.78 is 6.24. The molecule has 0 bridgehead atoms. The van der Waals surface area contributed by atoms with Gasteiger partial charge in [0, 0.05) is 27.5 Å². The summed E-state index contributed by atoms with van der Waals surface area (Å²) in [6, 6.07) is 78.8. The van der Waals surface area contributed by atoms with Crippen molar-refractivity contribution in [2.45, 2.75) is 5.41 Å². The van der Waals surface area contributed by atoms with Gasteiger partial charge in [-0.25, -0.2) is 9.97 Å². The van der Waals surface area contributed by atoms with Crippen molar-refractivity contribution in [3.05, 3.63) is 241 Å². The van der Waals surface area contributed by atoms with Crippen LogP contribution < -0.4 is 0 Å². The molecule has 0 unspecified atom stereocenters. The van der Waals surface area contributed by atoms with Gasteiger partial charge in [-0.15, -0.1) is 0 Å². The van der Waals surface area contributed by atoms with Crippen LogP contribution in [0.3, 0.4) is 0 Å². The van der Waals surface area contributed by atoms with Crippen molar-refractivity contribution in [3.63, 3.8) is 0 Å². The first-order valence-corrected chi connectivity index (χ1v) is 21.2. The Bertz CT molecular complexity index is 3530. The van der Waals surface area contributed by atoms with E-state index in [9.17, 15) is 0 Å². The van der Waals surface area contributed by atoms with E-state index in [1.165, 1.54) is 55.6 Å². The summed E-state index contributed by atoms with van der Waals surface area (Å²) in [5, 5.41) is 2.12. The maximum atomic E-state index is 6.24. The van der Waals surface area contributed by atoms with Gasteiger partial charge in [0.05, 0.1) is 16.8 Å². The molecular weight excluding hydrogens is 753 g/mol. The first-order valence-electron chi connectivity index (χ1n) is 21.2. The molecule has 9 aromatic carbocycles. The van der Waals surface area contributed by atoms with E-state index in [4.69, 9.17) is 14.4 Å². The number of benzene rings is 9. The van der Waals surface area contributed by atoms with E-state index in [1.54, 1.807) is 0 Å². The van der Waals surface area contributed by atoms with Gasteiger partial charge in [0.2, 0.25) is 0 Å². The average molecular weight is 789 g/mol. The summed E-state index contributed by atoms with van der Waals surface area (Å²) >= 11 is 0. The number of furan rings is 1. The van der Waals surface area contributed by atoms with Crippen LogP contribution in [0, 0.1) is 0 Å². The molecule has 0 fully saturated rings. The van der Waals surface area contributed by atoms with Crippen LogP contribution in [0.15, 0.2) is 223 Å². The minimum atomic E-state index is -0.546. The van der Waals surface area contributed by atoms with Gasteiger partial charge < -0.3 is 4.42 Å². The minimum Gasteiger partial charge on any atom is -0.456 e. The molecule has 0 amide bonds. The Hall–Kier alpha value is -8.14. The molecule has 13 rings (SSSR count). The van der Waals surface area contributed by atoms with E-state index in [0.717, 1.165) is 61.1 Å². The van der Waals surface area contributed by atoms with Crippen molar-refractivity contribution in [2.24, 2.45) is 0 Å². The van der Waals surface area contributed by atoms with E-state index in [0.29, 0.717) is 5.82 Å². The monoisotopic (exact) mass is 788 g/mol. The van der Waals surface area contributed by atoms with Crippen LogP contribution in [-0.4, -0.2) is 9.97 Å². The number of hydrogen-bond donors (Lipinski definition) is 0. The molecule has 0 radical (unpaired) electrons. The second-order valence-electron chi connectivity index (χ2n) is 16.4. The van der Waals surface area contributed by atoms with E-state index in [1.807, 2.05) is 18.2 Å². The second-order valence-corrected chi connectivity index (χ2v) is 16.4. The van der Waals surface area contributed by atoms with E-state index in [-0.39, 0.29) is 0 Å². The van der Waals surface area contributed by atoms with Gasteiger partial charge >= 0.3 is 0 Å². The van der Waals surface area contributed by atoms with Crippen LogP contribution in [0.2, 0.25) is 0 Å². The van der Waals surface area contributed by atoms with Crippen LogP contribution in [0.4, 0.5) is 0 Å². The number of hydrogen-bond acceptors (Lipinski definition) is 3. The van der Waals surface area contributed by atoms with Crippen molar-refractivity contribution in [1.29, 1.82) is 0 Å². The van der Waals surface area contributed by atoms with E-state index >= 15 is 0 Å². The largest absolute Gasteiger partial charge is 0.456 e. The van der Waals surface area contributed by atoms with Gasteiger partial charge in [0.15, 0.2) is 5.82 Å². The predicted molar refractivity (Wildman–Crippen MR) is 253 cm³/mol. The van der Waals surface area contributed by atoms with Crippen molar-refractivity contribution >= 4 is 21.9 Å². The molecule has 1 spiro atoms. The van der Waals surface area contributed by atoms with Crippen molar-refractivity contribution in [2.75, 3.05) is 0 Å². The quantitative estimate of drug-likeness (QED) is 0.178. The summed E-state index contributed by atoms with van der Waals surface area (Å²) in [5.74, 6) is 0.661. The highest BCUT2D eigenvalue weighted by Crippen LogP contribution is 2.61. The number of aromatic nitrogens is 2. The van der Waals surface area contributed by atoms with Crippen LogP contribution >= 0.6 is 0 Å². The Morgan fingerprint density at radius 2 is 0.790 bits per heavy atom. The zero-order valence-corrected chi connectivity index (χ0v) is 33.6. The van der Waals surface area contributed by atoms with Crippen LogP contribution in [0.5, 0.6) is 0 Å². The predicted octanol–water partition coefficient (Wildman–Crippen LogP) is 15.1. The summed E-state index contributed by atoms with van der Waals surface area (Å²) in [4.78, 5) is 10.8. The molecule has 2 heterocycles. The molecule has 2 aliphatic carbocycles. The number of nitrogens with zero attached hydrogens (tertiary/aromatic N) is 2. The third kappa shape index (κ3) is 5.00. The fourth-order valence-corrected chi connectivity index (χ4v) is 10.5. The maximum absolute atomic E-state index is 6.24. The molecule has 62 heavy (non-hydrogen) atoms. The van der Waals surface area contributed by atoms with Gasteiger partial charge in [0.1, 0.15) is 11.2 Å². The highest BCUT2D eigenvalue weighted by atomic mass is 16.3. The zero-order valence-electron chi connectivity index (χ0n) is 33.6. The molecular formula is C59H36N2O. The Balaban J connectivity index is 1.06.